The standard InChI is InChI=1S/C19H14N2O4S/c22-18-16-5-1-2-6-17(16)19(23)20(18)11-3-4-12-26-13-14-7-9-15(10-8-14)21(24)25/h1-2,5-10H,11-13H2. The van der Waals surface area contributed by atoms with Crippen LogP contribution in [0, 0.1) is 22.0 Å². The average molecular weight is 366 g/mol. The maximum atomic E-state index is 12.2. The average Bonchev–Trinajstić information content (AvgIpc) is 2.90. The van der Waals surface area contributed by atoms with Crippen molar-refractivity contribution in [2.45, 2.75) is 5.75 Å². The Bertz CT molecular complexity index is 894. The Hall–Kier alpha value is -3.11. The van der Waals surface area contributed by atoms with Crippen LogP contribution in [0.15, 0.2) is 48.5 Å². The fraction of sp³-hybridized carbons (Fsp3) is 0.158. The van der Waals surface area contributed by atoms with Gasteiger partial charge in [0.15, 0.2) is 0 Å². The van der Waals surface area contributed by atoms with E-state index in [0.29, 0.717) is 22.6 Å². The minimum atomic E-state index is -0.429. The van der Waals surface area contributed by atoms with Gasteiger partial charge >= 0.3 is 0 Å². The third-order valence-electron chi connectivity index (χ3n) is 3.83. The van der Waals surface area contributed by atoms with E-state index in [-0.39, 0.29) is 24.0 Å². The lowest BCUT2D eigenvalue weighted by molar-refractivity contribution is -0.384. The number of carbonyl (C=O) groups excluding carboxylic acids is 2. The first kappa shape index (κ1) is 17.7. The highest BCUT2D eigenvalue weighted by Crippen LogP contribution is 2.21. The zero-order chi connectivity index (χ0) is 18.5. The van der Waals surface area contributed by atoms with Crippen molar-refractivity contribution in [2.24, 2.45) is 0 Å². The molecular weight excluding hydrogens is 352 g/mol. The van der Waals surface area contributed by atoms with Gasteiger partial charge in [0.1, 0.15) is 0 Å². The summed E-state index contributed by atoms with van der Waals surface area (Å²) in [4.78, 5) is 35.7. The van der Waals surface area contributed by atoms with Crippen molar-refractivity contribution in [3.8, 4) is 11.8 Å². The van der Waals surface area contributed by atoms with Gasteiger partial charge in [-0.2, -0.15) is 0 Å². The number of hydrogen-bond donors (Lipinski definition) is 0. The van der Waals surface area contributed by atoms with Gasteiger partial charge in [-0.1, -0.05) is 36.1 Å². The first-order chi connectivity index (χ1) is 12.6. The van der Waals surface area contributed by atoms with Gasteiger partial charge in [0.05, 0.1) is 28.3 Å². The molecule has 0 fully saturated rings. The van der Waals surface area contributed by atoms with Crippen LogP contribution in [-0.4, -0.2) is 33.9 Å². The van der Waals surface area contributed by atoms with E-state index >= 15 is 0 Å². The number of benzene rings is 2. The van der Waals surface area contributed by atoms with Crippen LogP contribution in [0.2, 0.25) is 0 Å². The molecule has 0 radical (unpaired) electrons. The van der Waals surface area contributed by atoms with Crippen LogP contribution in [-0.2, 0) is 5.75 Å². The number of thioether (sulfide) groups is 1. The van der Waals surface area contributed by atoms with Crippen molar-refractivity contribution >= 4 is 29.3 Å². The molecule has 130 valence electrons. The predicted molar refractivity (Wildman–Crippen MR) is 98.8 cm³/mol. The van der Waals surface area contributed by atoms with Gasteiger partial charge in [0.2, 0.25) is 0 Å². The number of hydrogen-bond acceptors (Lipinski definition) is 5. The molecule has 0 N–H and O–H groups in total. The molecule has 1 aliphatic heterocycles. The molecule has 0 bridgehead atoms. The highest BCUT2D eigenvalue weighted by atomic mass is 32.2. The Morgan fingerprint density at radius 1 is 0.962 bits per heavy atom. The second-order valence-corrected chi connectivity index (χ2v) is 6.50. The minimum Gasteiger partial charge on any atom is -0.269 e. The van der Waals surface area contributed by atoms with E-state index in [0.717, 1.165) is 10.5 Å². The molecule has 1 aliphatic rings. The minimum absolute atomic E-state index is 0.0690. The van der Waals surface area contributed by atoms with Crippen molar-refractivity contribution in [1.29, 1.82) is 0 Å². The normalized spacial score (nSPS) is 12.5. The summed E-state index contributed by atoms with van der Waals surface area (Å²) in [6.07, 6.45) is 0. The summed E-state index contributed by atoms with van der Waals surface area (Å²) in [6.45, 7) is 0.0738. The number of amides is 2. The molecule has 0 spiro atoms. The quantitative estimate of drug-likeness (QED) is 0.267. The lowest BCUT2D eigenvalue weighted by Crippen LogP contribution is -2.30. The zero-order valence-corrected chi connectivity index (χ0v) is 14.5. The molecule has 26 heavy (non-hydrogen) atoms. The maximum Gasteiger partial charge on any atom is 0.269 e. The van der Waals surface area contributed by atoms with Gasteiger partial charge in [0, 0.05) is 17.9 Å². The number of rotatable bonds is 5. The number of nitro benzene ring substituents is 1. The summed E-state index contributed by atoms with van der Waals surface area (Å²) in [5.41, 5.74) is 1.89. The first-order valence-corrected chi connectivity index (χ1v) is 8.95. The van der Waals surface area contributed by atoms with E-state index in [1.54, 1.807) is 48.2 Å². The van der Waals surface area contributed by atoms with E-state index in [1.807, 2.05) is 0 Å². The third-order valence-corrected chi connectivity index (χ3v) is 4.72. The van der Waals surface area contributed by atoms with Crippen LogP contribution >= 0.6 is 11.8 Å². The predicted octanol–water partition coefficient (Wildman–Crippen LogP) is 3.13. The van der Waals surface area contributed by atoms with Crippen LogP contribution in [0.25, 0.3) is 0 Å². The molecule has 6 nitrogen and oxygen atoms in total. The lowest BCUT2D eigenvalue weighted by Gasteiger charge is -2.08. The summed E-state index contributed by atoms with van der Waals surface area (Å²) < 4.78 is 0. The van der Waals surface area contributed by atoms with E-state index in [2.05, 4.69) is 11.8 Å². The van der Waals surface area contributed by atoms with Gasteiger partial charge in [-0.3, -0.25) is 24.6 Å². The molecule has 0 atom stereocenters. The number of imide groups is 1. The van der Waals surface area contributed by atoms with Crippen LogP contribution in [0.4, 0.5) is 5.69 Å². The molecule has 0 saturated carbocycles. The van der Waals surface area contributed by atoms with Crippen molar-refractivity contribution in [3.05, 3.63) is 75.3 Å². The Balaban J connectivity index is 1.47. The number of non-ortho nitro benzene ring substituents is 1. The van der Waals surface area contributed by atoms with E-state index in [4.69, 9.17) is 0 Å². The number of fused-ring (bicyclic) bond motifs is 1. The van der Waals surface area contributed by atoms with E-state index < -0.39 is 4.92 Å². The maximum absolute atomic E-state index is 12.2. The Kier molecular flexibility index (Phi) is 5.34. The molecule has 0 saturated heterocycles. The van der Waals surface area contributed by atoms with Crippen LogP contribution in [0.3, 0.4) is 0 Å². The fourth-order valence-corrected chi connectivity index (χ4v) is 3.24. The van der Waals surface area contributed by atoms with E-state index in [9.17, 15) is 19.7 Å². The van der Waals surface area contributed by atoms with Gasteiger partial charge in [-0.15, -0.1) is 11.8 Å². The smallest absolute Gasteiger partial charge is 0.269 e. The number of nitro groups is 1. The molecule has 0 unspecified atom stereocenters. The monoisotopic (exact) mass is 366 g/mol. The van der Waals surface area contributed by atoms with Crippen LogP contribution < -0.4 is 0 Å². The van der Waals surface area contributed by atoms with Gasteiger partial charge in [-0.25, -0.2) is 0 Å². The highest BCUT2D eigenvalue weighted by Gasteiger charge is 2.34. The summed E-state index contributed by atoms with van der Waals surface area (Å²) in [5.74, 6) is 6.40. The Labute approximate surface area is 154 Å². The van der Waals surface area contributed by atoms with Crippen molar-refractivity contribution < 1.29 is 14.5 Å². The van der Waals surface area contributed by atoms with Gasteiger partial charge in [0.25, 0.3) is 17.5 Å². The molecular formula is C19H14N2O4S. The fourth-order valence-electron chi connectivity index (χ4n) is 2.50. The molecule has 2 aromatic rings. The zero-order valence-electron chi connectivity index (χ0n) is 13.7. The molecule has 1 heterocycles. The Morgan fingerprint density at radius 3 is 2.15 bits per heavy atom. The van der Waals surface area contributed by atoms with Crippen LogP contribution in [0.5, 0.6) is 0 Å². The molecule has 0 aliphatic carbocycles. The summed E-state index contributed by atoms with van der Waals surface area (Å²) in [6, 6.07) is 13.1. The topological polar surface area (TPSA) is 80.5 Å². The Morgan fingerprint density at radius 2 is 1.58 bits per heavy atom. The first-order valence-electron chi connectivity index (χ1n) is 7.80. The summed E-state index contributed by atoms with van der Waals surface area (Å²) >= 11 is 1.56. The van der Waals surface area contributed by atoms with Crippen molar-refractivity contribution in [1.82, 2.24) is 4.90 Å². The largest absolute Gasteiger partial charge is 0.269 e. The SMILES string of the molecule is O=C1c2ccccc2C(=O)N1CC#CCSCc1ccc([N+](=O)[O-])cc1. The van der Waals surface area contributed by atoms with Crippen molar-refractivity contribution in [2.75, 3.05) is 12.3 Å². The molecule has 3 rings (SSSR count). The van der Waals surface area contributed by atoms with Crippen molar-refractivity contribution in [3.63, 3.8) is 0 Å². The highest BCUT2D eigenvalue weighted by molar-refractivity contribution is 7.98. The number of carbonyl (C=O) groups is 2. The number of nitrogens with zero attached hydrogens (tertiary/aromatic N) is 2. The van der Waals surface area contributed by atoms with Gasteiger partial charge in [-0.05, 0) is 17.7 Å². The summed E-state index contributed by atoms with van der Waals surface area (Å²) in [7, 11) is 0. The third kappa shape index (κ3) is 3.76. The molecule has 0 aromatic heterocycles. The molecule has 2 aromatic carbocycles. The summed E-state index contributed by atoms with van der Waals surface area (Å²) in [5, 5.41) is 10.6. The lowest BCUT2D eigenvalue weighted by atomic mass is 10.1. The van der Waals surface area contributed by atoms with Gasteiger partial charge < -0.3 is 0 Å². The van der Waals surface area contributed by atoms with E-state index in [1.165, 1.54) is 12.1 Å². The second kappa shape index (κ2) is 7.85. The second-order valence-electron chi connectivity index (χ2n) is 5.51. The van der Waals surface area contributed by atoms with Crippen LogP contribution in [0.1, 0.15) is 26.3 Å². The molecule has 7 heteroatoms. The molecule has 2 amide bonds.